The number of hydrogen-bond acceptors (Lipinski definition) is 2. The molecule has 1 amide bonds. The molecule has 0 spiro atoms. The topological polar surface area (TPSA) is 23.6 Å². The number of carbonyl (C=O) groups is 1. The molecule has 0 unspecified atom stereocenters. The van der Waals surface area contributed by atoms with Crippen molar-refractivity contribution >= 4 is 29.3 Å². The van der Waals surface area contributed by atoms with E-state index in [9.17, 15) is 4.79 Å². The first-order chi connectivity index (χ1) is 12.1. The third kappa shape index (κ3) is 4.05. The normalized spacial score (nSPS) is 15.0. The SMILES string of the molecule is Cc1cccc(N2CCN(C(=O)C=Cc3ccccc3Cl)CC2)c1C. The molecule has 0 N–H and O–H groups in total. The predicted octanol–water partition coefficient (Wildman–Crippen LogP) is 4.32. The van der Waals surface area contributed by atoms with E-state index in [1.54, 1.807) is 12.2 Å². The number of hydrogen-bond donors (Lipinski definition) is 0. The zero-order chi connectivity index (χ0) is 17.8. The Balaban J connectivity index is 1.61. The van der Waals surface area contributed by atoms with Crippen molar-refractivity contribution in [2.45, 2.75) is 13.8 Å². The lowest BCUT2D eigenvalue weighted by Crippen LogP contribution is -2.48. The van der Waals surface area contributed by atoms with Crippen LogP contribution in [0.15, 0.2) is 48.5 Å². The van der Waals surface area contributed by atoms with Gasteiger partial charge in [-0.15, -0.1) is 0 Å². The first-order valence-electron chi connectivity index (χ1n) is 8.59. The number of amides is 1. The summed E-state index contributed by atoms with van der Waals surface area (Å²) in [6.07, 6.45) is 3.41. The summed E-state index contributed by atoms with van der Waals surface area (Å²) < 4.78 is 0. The van der Waals surface area contributed by atoms with E-state index >= 15 is 0 Å². The van der Waals surface area contributed by atoms with Gasteiger partial charge in [0.05, 0.1) is 0 Å². The van der Waals surface area contributed by atoms with Crippen LogP contribution in [0.25, 0.3) is 6.08 Å². The Morgan fingerprint density at radius 1 is 1.00 bits per heavy atom. The van der Waals surface area contributed by atoms with E-state index in [-0.39, 0.29) is 5.91 Å². The average molecular weight is 355 g/mol. The Kier molecular flexibility index (Phi) is 5.44. The highest BCUT2D eigenvalue weighted by atomic mass is 35.5. The molecule has 0 saturated carbocycles. The third-order valence-electron chi connectivity index (χ3n) is 4.82. The summed E-state index contributed by atoms with van der Waals surface area (Å²) in [5.41, 5.74) is 4.77. The van der Waals surface area contributed by atoms with Gasteiger partial charge in [0.15, 0.2) is 0 Å². The van der Waals surface area contributed by atoms with Crippen LogP contribution in [-0.4, -0.2) is 37.0 Å². The molecule has 25 heavy (non-hydrogen) atoms. The lowest BCUT2D eigenvalue weighted by atomic mass is 10.1. The molecule has 0 aromatic heterocycles. The van der Waals surface area contributed by atoms with Crippen molar-refractivity contribution in [3.8, 4) is 0 Å². The molecular weight excluding hydrogens is 332 g/mol. The van der Waals surface area contributed by atoms with Gasteiger partial charge in [-0.05, 0) is 48.7 Å². The molecule has 3 rings (SSSR count). The van der Waals surface area contributed by atoms with Crippen LogP contribution in [0.5, 0.6) is 0 Å². The summed E-state index contributed by atoms with van der Waals surface area (Å²) in [6, 6.07) is 13.9. The molecule has 0 bridgehead atoms. The minimum atomic E-state index is 0.0422. The lowest BCUT2D eigenvalue weighted by Gasteiger charge is -2.36. The number of aryl methyl sites for hydroxylation is 1. The van der Waals surface area contributed by atoms with Gasteiger partial charge in [0.1, 0.15) is 0 Å². The van der Waals surface area contributed by atoms with Gasteiger partial charge in [-0.25, -0.2) is 0 Å². The summed E-state index contributed by atoms with van der Waals surface area (Å²) in [7, 11) is 0. The van der Waals surface area contributed by atoms with Crippen molar-refractivity contribution in [2.24, 2.45) is 0 Å². The van der Waals surface area contributed by atoms with E-state index in [1.165, 1.54) is 16.8 Å². The number of halogens is 1. The largest absolute Gasteiger partial charge is 0.368 e. The second-order valence-corrected chi connectivity index (χ2v) is 6.79. The van der Waals surface area contributed by atoms with Crippen molar-refractivity contribution in [2.75, 3.05) is 31.1 Å². The van der Waals surface area contributed by atoms with Crippen LogP contribution >= 0.6 is 11.6 Å². The molecule has 1 aliphatic rings. The van der Waals surface area contributed by atoms with E-state index in [0.717, 1.165) is 31.7 Å². The molecule has 130 valence electrons. The summed E-state index contributed by atoms with van der Waals surface area (Å²) >= 11 is 6.13. The Labute approximate surface area is 154 Å². The molecule has 1 fully saturated rings. The monoisotopic (exact) mass is 354 g/mol. The molecular formula is C21H23ClN2O. The minimum absolute atomic E-state index is 0.0422. The second kappa shape index (κ2) is 7.75. The van der Waals surface area contributed by atoms with E-state index < -0.39 is 0 Å². The van der Waals surface area contributed by atoms with Gasteiger partial charge in [0.2, 0.25) is 5.91 Å². The van der Waals surface area contributed by atoms with Crippen molar-refractivity contribution in [3.05, 3.63) is 70.3 Å². The predicted molar refractivity (Wildman–Crippen MR) is 105 cm³/mol. The highest BCUT2D eigenvalue weighted by Crippen LogP contribution is 2.24. The number of carbonyl (C=O) groups excluding carboxylic acids is 1. The fourth-order valence-corrected chi connectivity index (χ4v) is 3.32. The zero-order valence-corrected chi connectivity index (χ0v) is 15.5. The first-order valence-corrected chi connectivity index (χ1v) is 8.97. The number of piperazine rings is 1. The number of nitrogens with zero attached hydrogens (tertiary/aromatic N) is 2. The van der Waals surface area contributed by atoms with Crippen LogP contribution in [-0.2, 0) is 4.79 Å². The molecule has 1 heterocycles. The summed E-state index contributed by atoms with van der Waals surface area (Å²) in [6.45, 7) is 7.48. The van der Waals surface area contributed by atoms with Crippen LogP contribution < -0.4 is 4.90 Å². The van der Waals surface area contributed by atoms with Crippen LogP contribution in [0.4, 0.5) is 5.69 Å². The van der Waals surface area contributed by atoms with E-state index in [4.69, 9.17) is 11.6 Å². The lowest BCUT2D eigenvalue weighted by molar-refractivity contribution is -0.126. The van der Waals surface area contributed by atoms with Crippen LogP contribution in [0.2, 0.25) is 5.02 Å². The van der Waals surface area contributed by atoms with Gasteiger partial charge in [-0.1, -0.05) is 41.9 Å². The van der Waals surface area contributed by atoms with Crippen molar-refractivity contribution in [1.29, 1.82) is 0 Å². The van der Waals surface area contributed by atoms with Crippen molar-refractivity contribution in [3.63, 3.8) is 0 Å². The van der Waals surface area contributed by atoms with Crippen LogP contribution in [0.3, 0.4) is 0 Å². The molecule has 0 aliphatic carbocycles. The van der Waals surface area contributed by atoms with Crippen LogP contribution in [0.1, 0.15) is 16.7 Å². The van der Waals surface area contributed by atoms with E-state index in [1.807, 2.05) is 29.2 Å². The molecule has 1 aliphatic heterocycles. The maximum Gasteiger partial charge on any atom is 0.246 e. The standard InChI is InChI=1S/C21H23ClN2O/c1-16-6-5-9-20(17(16)2)23-12-14-24(15-13-23)21(25)11-10-18-7-3-4-8-19(18)22/h3-11H,12-15H2,1-2H3. The Hall–Kier alpha value is -2.26. The molecule has 0 radical (unpaired) electrons. The van der Waals surface area contributed by atoms with Gasteiger partial charge in [-0.3, -0.25) is 4.79 Å². The Morgan fingerprint density at radius 3 is 2.44 bits per heavy atom. The summed E-state index contributed by atoms with van der Waals surface area (Å²) in [5.74, 6) is 0.0422. The molecule has 3 nitrogen and oxygen atoms in total. The number of anilines is 1. The number of benzene rings is 2. The average Bonchev–Trinajstić information content (AvgIpc) is 2.63. The fourth-order valence-electron chi connectivity index (χ4n) is 3.12. The van der Waals surface area contributed by atoms with Gasteiger partial charge >= 0.3 is 0 Å². The quantitative estimate of drug-likeness (QED) is 0.766. The highest BCUT2D eigenvalue weighted by Gasteiger charge is 2.21. The van der Waals surface area contributed by atoms with Crippen molar-refractivity contribution in [1.82, 2.24) is 4.90 Å². The van der Waals surface area contributed by atoms with Gasteiger partial charge in [0.25, 0.3) is 0 Å². The first kappa shape index (κ1) is 17.6. The fraction of sp³-hybridized carbons (Fsp3) is 0.286. The third-order valence-corrected chi connectivity index (χ3v) is 5.16. The Bertz CT molecular complexity index is 792. The Morgan fingerprint density at radius 2 is 1.72 bits per heavy atom. The molecule has 4 heteroatoms. The van der Waals surface area contributed by atoms with Gasteiger partial charge in [0, 0.05) is 43.0 Å². The summed E-state index contributed by atoms with van der Waals surface area (Å²) in [4.78, 5) is 16.7. The summed E-state index contributed by atoms with van der Waals surface area (Å²) in [5, 5.41) is 0.659. The molecule has 2 aromatic rings. The van der Waals surface area contributed by atoms with Gasteiger partial charge in [-0.2, -0.15) is 0 Å². The smallest absolute Gasteiger partial charge is 0.246 e. The number of rotatable bonds is 3. The minimum Gasteiger partial charge on any atom is -0.368 e. The maximum absolute atomic E-state index is 12.4. The molecule has 0 atom stereocenters. The van der Waals surface area contributed by atoms with E-state index in [2.05, 4.69) is 36.9 Å². The van der Waals surface area contributed by atoms with Gasteiger partial charge < -0.3 is 9.80 Å². The zero-order valence-electron chi connectivity index (χ0n) is 14.7. The van der Waals surface area contributed by atoms with Crippen molar-refractivity contribution < 1.29 is 4.79 Å². The molecule has 1 saturated heterocycles. The highest BCUT2D eigenvalue weighted by molar-refractivity contribution is 6.32. The van der Waals surface area contributed by atoms with E-state index in [0.29, 0.717) is 5.02 Å². The second-order valence-electron chi connectivity index (χ2n) is 6.39. The maximum atomic E-state index is 12.4. The van der Waals surface area contributed by atoms with Crippen LogP contribution in [0, 0.1) is 13.8 Å². The molecule has 2 aromatic carbocycles.